The molecule has 1 N–H and O–H groups in total. The number of aliphatic hydroxyl groups excluding tert-OH is 1. The molecule has 0 saturated heterocycles. The maximum Gasteiger partial charge on any atom is 0.0919 e. The SMILES string of the molecule is Cc1ccccc1C(O)CN(C)C(C)C1CC1. The van der Waals surface area contributed by atoms with Crippen LogP contribution in [0.15, 0.2) is 24.3 Å². The van der Waals surface area contributed by atoms with Crippen molar-refractivity contribution in [1.82, 2.24) is 4.90 Å². The maximum atomic E-state index is 10.3. The molecule has 2 atom stereocenters. The number of rotatable bonds is 5. The summed E-state index contributed by atoms with van der Waals surface area (Å²) in [6.45, 7) is 5.05. The van der Waals surface area contributed by atoms with E-state index < -0.39 is 0 Å². The minimum Gasteiger partial charge on any atom is -0.387 e. The Hall–Kier alpha value is -0.860. The molecule has 0 heterocycles. The summed E-state index contributed by atoms with van der Waals surface area (Å²) >= 11 is 0. The lowest BCUT2D eigenvalue weighted by Crippen LogP contribution is -2.34. The van der Waals surface area contributed by atoms with Crippen LogP contribution in [0.1, 0.15) is 37.0 Å². The van der Waals surface area contributed by atoms with Crippen molar-refractivity contribution in [3.63, 3.8) is 0 Å². The van der Waals surface area contributed by atoms with E-state index in [2.05, 4.69) is 31.9 Å². The van der Waals surface area contributed by atoms with Gasteiger partial charge in [-0.3, -0.25) is 0 Å². The van der Waals surface area contributed by atoms with Gasteiger partial charge in [0, 0.05) is 12.6 Å². The van der Waals surface area contributed by atoms with Crippen LogP contribution in [-0.2, 0) is 0 Å². The van der Waals surface area contributed by atoms with Crippen LogP contribution in [0.3, 0.4) is 0 Å². The average molecular weight is 233 g/mol. The third kappa shape index (κ3) is 3.08. The standard InChI is InChI=1S/C15H23NO/c1-11-6-4-5-7-14(11)15(17)10-16(3)12(2)13-8-9-13/h4-7,12-13,15,17H,8-10H2,1-3H3. The molecule has 1 aliphatic rings. The van der Waals surface area contributed by atoms with Crippen molar-refractivity contribution in [3.05, 3.63) is 35.4 Å². The molecular formula is C15H23NO. The Morgan fingerprint density at radius 2 is 2.00 bits per heavy atom. The molecular weight excluding hydrogens is 210 g/mol. The van der Waals surface area contributed by atoms with Gasteiger partial charge in [0.05, 0.1) is 6.10 Å². The molecule has 1 saturated carbocycles. The fourth-order valence-electron chi connectivity index (χ4n) is 2.44. The van der Waals surface area contributed by atoms with Crippen LogP contribution in [0, 0.1) is 12.8 Å². The molecule has 0 aromatic heterocycles. The van der Waals surface area contributed by atoms with Gasteiger partial charge in [-0.2, -0.15) is 0 Å². The molecule has 2 nitrogen and oxygen atoms in total. The molecule has 0 radical (unpaired) electrons. The Morgan fingerprint density at radius 3 is 2.59 bits per heavy atom. The second-order valence-electron chi connectivity index (χ2n) is 5.39. The van der Waals surface area contributed by atoms with Gasteiger partial charge in [0.2, 0.25) is 0 Å². The minimum absolute atomic E-state index is 0.373. The second-order valence-corrected chi connectivity index (χ2v) is 5.39. The number of hydrogen-bond acceptors (Lipinski definition) is 2. The Morgan fingerprint density at radius 1 is 1.35 bits per heavy atom. The Labute approximate surface area is 104 Å². The van der Waals surface area contributed by atoms with Crippen molar-refractivity contribution < 1.29 is 5.11 Å². The first-order chi connectivity index (χ1) is 8.09. The largest absolute Gasteiger partial charge is 0.387 e. The van der Waals surface area contributed by atoms with Crippen LogP contribution in [0.4, 0.5) is 0 Å². The van der Waals surface area contributed by atoms with Crippen molar-refractivity contribution in [2.75, 3.05) is 13.6 Å². The Kier molecular flexibility index (Phi) is 3.85. The first kappa shape index (κ1) is 12.6. The molecule has 1 aliphatic carbocycles. The lowest BCUT2D eigenvalue weighted by molar-refractivity contribution is 0.102. The monoisotopic (exact) mass is 233 g/mol. The quantitative estimate of drug-likeness (QED) is 0.845. The van der Waals surface area contributed by atoms with Crippen molar-refractivity contribution in [2.24, 2.45) is 5.92 Å². The van der Waals surface area contributed by atoms with Crippen LogP contribution >= 0.6 is 0 Å². The summed E-state index contributed by atoms with van der Waals surface area (Å²) in [6.07, 6.45) is 2.33. The lowest BCUT2D eigenvalue weighted by Gasteiger charge is -2.27. The Balaban J connectivity index is 1.96. The first-order valence-corrected chi connectivity index (χ1v) is 6.53. The first-order valence-electron chi connectivity index (χ1n) is 6.53. The summed E-state index contributed by atoms with van der Waals surface area (Å²) in [7, 11) is 2.12. The smallest absolute Gasteiger partial charge is 0.0919 e. The number of hydrogen-bond donors (Lipinski definition) is 1. The van der Waals surface area contributed by atoms with E-state index >= 15 is 0 Å². The number of aliphatic hydroxyl groups is 1. The van der Waals surface area contributed by atoms with Crippen LogP contribution < -0.4 is 0 Å². The van der Waals surface area contributed by atoms with E-state index in [1.165, 1.54) is 18.4 Å². The molecule has 1 aromatic carbocycles. The van der Waals surface area contributed by atoms with Gasteiger partial charge in [-0.05, 0) is 50.8 Å². The van der Waals surface area contributed by atoms with Gasteiger partial charge in [-0.15, -0.1) is 0 Å². The lowest BCUT2D eigenvalue weighted by atomic mass is 10.0. The van der Waals surface area contributed by atoms with E-state index in [1.54, 1.807) is 0 Å². The summed E-state index contributed by atoms with van der Waals surface area (Å²) in [5.74, 6) is 0.851. The third-order valence-electron chi connectivity index (χ3n) is 4.01. The molecule has 1 fully saturated rings. The predicted molar refractivity (Wildman–Crippen MR) is 71.0 cm³/mol. The van der Waals surface area contributed by atoms with E-state index in [4.69, 9.17) is 0 Å². The summed E-state index contributed by atoms with van der Waals surface area (Å²) in [6, 6.07) is 8.69. The topological polar surface area (TPSA) is 23.5 Å². The highest BCUT2D eigenvalue weighted by atomic mass is 16.3. The Bertz CT molecular complexity index is 373. The van der Waals surface area contributed by atoms with E-state index in [0.717, 1.165) is 18.0 Å². The van der Waals surface area contributed by atoms with E-state index in [0.29, 0.717) is 6.04 Å². The van der Waals surface area contributed by atoms with Gasteiger partial charge in [-0.25, -0.2) is 0 Å². The van der Waals surface area contributed by atoms with Gasteiger partial charge < -0.3 is 10.0 Å². The summed E-state index contributed by atoms with van der Waals surface area (Å²) in [5.41, 5.74) is 2.23. The maximum absolute atomic E-state index is 10.3. The molecule has 0 bridgehead atoms. The summed E-state index contributed by atoms with van der Waals surface area (Å²) in [4.78, 5) is 2.29. The molecule has 1 aromatic rings. The highest BCUT2D eigenvalue weighted by Gasteiger charge is 2.31. The molecule has 0 amide bonds. The van der Waals surface area contributed by atoms with E-state index in [9.17, 15) is 5.11 Å². The highest BCUT2D eigenvalue weighted by Crippen LogP contribution is 2.35. The van der Waals surface area contributed by atoms with Crippen molar-refractivity contribution >= 4 is 0 Å². The zero-order valence-corrected chi connectivity index (χ0v) is 11.1. The third-order valence-corrected chi connectivity index (χ3v) is 4.01. The number of aryl methyl sites for hydroxylation is 1. The van der Waals surface area contributed by atoms with E-state index in [1.807, 2.05) is 18.2 Å². The number of nitrogens with zero attached hydrogens (tertiary/aromatic N) is 1. The molecule has 17 heavy (non-hydrogen) atoms. The molecule has 2 heteroatoms. The van der Waals surface area contributed by atoms with Crippen LogP contribution in [0.5, 0.6) is 0 Å². The second kappa shape index (κ2) is 5.19. The highest BCUT2D eigenvalue weighted by molar-refractivity contribution is 5.27. The molecule has 2 rings (SSSR count). The van der Waals surface area contributed by atoms with Crippen molar-refractivity contribution in [1.29, 1.82) is 0 Å². The summed E-state index contributed by atoms with van der Waals surface area (Å²) in [5, 5.41) is 10.3. The summed E-state index contributed by atoms with van der Waals surface area (Å²) < 4.78 is 0. The van der Waals surface area contributed by atoms with Crippen molar-refractivity contribution in [3.8, 4) is 0 Å². The molecule has 0 spiro atoms. The van der Waals surface area contributed by atoms with E-state index in [-0.39, 0.29) is 6.10 Å². The van der Waals surface area contributed by atoms with Gasteiger partial charge in [0.1, 0.15) is 0 Å². The fourth-order valence-corrected chi connectivity index (χ4v) is 2.44. The normalized spacial score (nSPS) is 19.4. The average Bonchev–Trinajstić information content (AvgIpc) is 3.12. The number of likely N-dealkylation sites (N-methyl/N-ethyl adjacent to an activating group) is 1. The van der Waals surface area contributed by atoms with Crippen LogP contribution in [-0.4, -0.2) is 29.6 Å². The van der Waals surface area contributed by atoms with Gasteiger partial charge in [0.25, 0.3) is 0 Å². The van der Waals surface area contributed by atoms with Crippen molar-refractivity contribution in [2.45, 2.75) is 38.8 Å². The fraction of sp³-hybridized carbons (Fsp3) is 0.600. The van der Waals surface area contributed by atoms with Gasteiger partial charge in [-0.1, -0.05) is 24.3 Å². The molecule has 2 unspecified atom stereocenters. The van der Waals surface area contributed by atoms with Gasteiger partial charge in [0.15, 0.2) is 0 Å². The van der Waals surface area contributed by atoms with Crippen LogP contribution in [0.25, 0.3) is 0 Å². The molecule has 94 valence electrons. The zero-order valence-electron chi connectivity index (χ0n) is 11.1. The predicted octanol–water partition coefficient (Wildman–Crippen LogP) is 2.76. The van der Waals surface area contributed by atoms with Gasteiger partial charge >= 0.3 is 0 Å². The number of benzene rings is 1. The van der Waals surface area contributed by atoms with Crippen LogP contribution in [0.2, 0.25) is 0 Å². The minimum atomic E-state index is -0.373. The zero-order chi connectivity index (χ0) is 12.4. The molecule has 0 aliphatic heterocycles.